The fourth-order valence-electron chi connectivity index (χ4n) is 3.94. The summed E-state index contributed by atoms with van der Waals surface area (Å²) in [6.07, 6.45) is 3.52. The van der Waals surface area contributed by atoms with E-state index < -0.39 is 22.0 Å². The standard InChI is InChI=1S/C22H21Cl2N3O5S/c1-26(18-6-4-7-19-15(18)12-25-27(19)13-22(28)29)33(30,31)14-9-10-21(17(24)11-14)32-20-8-3-2-5-16(20)23/h2-3,5,8-12,18H,4,6-7,13H2,1H3,(H,28,29). The maximum absolute atomic E-state index is 13.4. The molecule has 11 heteroatoms. The molecule has 0 saturated heterocycles. The van der Waals surface area contributed by atoms with Crippen LogP contribution in [0.25, 0.3) is 0 Å². The SMILES string of the molecule is CN(C1CCCc2c1cnn2CC(=O)O)S(=O)(=O)c1ccc(Oc2ccccc2Cl)c(Cl)c1. The van der Waals surface area contributed by atoms with Gasteiger partial charge in [0.1, 0.15) is 18.0 Å². The molecule has 8 nitrogen and oxygen atoms in total. The first-order valence-corrected chi connectivity index (χ1v) is 12.3. The summed E-state index contributed by atoms with van der Waals surface area (Å²) >= 11 is 12.5. The van der Waals surface area contributed by atoms with Crippen LogP contribution in [0.15, 0.2) is 53.6 Å². The van der Waals surface area contributed by atoms with E-state index in [1.807, 2.05) is 0 Å². The third-order valence-electron chi connectivity index (χ3n) is 5.59. The zero-order chi connectivity index (χ0) is 23.8. The molecular formula is C22H21Cl2N3O5S. The van der Waals surface area contributed by atoms with E-state index >= 15 is 0 Å². The third-order valence-corrected chi connectivity index (χ3v) is 8.06. The molecule has 1 atom stereocenters. The van der Waals surface area contributed by atoms with Crippen molar-refractivity contribution in [2.24, 2.45) is 0 Å². The first-order valence-electron chi connectivity index (χ1n) is 10.1. The van der Waals surface area contributed by atoms with Crippen LogP contribution in [0, 0.1) is 0 Å². The fraction of sp³-hybridized carbons (Fsp3) is 0.273. The summed E-state index contributed by atoms with van der Waals surface area (Å²) < 4.78 is 35.2. The molecule has 1 aliphatic carbocycles. The first-order chi connectivity index (χ1) is 15.7. The first kappa shape index (κ1) is 23.6. The monoisotopic (exact) mass is 509 g/mol. The lowest BCUT2D eigenvalue weighted by atomic mass is 9.93. The van der Waals surface area contributed by atoms with Crippen LogP contribution >= 0.6 is 23.2 Å². The summed E-state index contributed by atoms with van der Waals surface area (Å²) in [6, 6.07) is 10.7. The van der Waals surface area contributed by atoms with Gasteiger partial charge in [-0.25, -0.2) is 8.42 Å². The summed E-state index contributed by atoms with van der Waals surface area (Å²) in [5.74, 6) is -0.319. The highest BCUT2D eigenvalue weighted by molar-refractivity contribution is 7.89. The van der Waals surface area contributed by atoms with Gasteiger partial charge >= 0.3 is 5.97 Å². The number of hydrogen-bond donors (Lipinski definition) is 1. The number of fused-ring (bicyclic) bond motifs is 1. The van der Waals surface area contributed by atoms with Gasteiger partial charge in [-0.1, -0.05) is 35.3 Å². The molecule has 1 heterocycles. The molecule has 1 N–H and O–H groups in total. The van der Waals surface area contributed by atoms with Crippen molar-refractivity contribution in [3.8, 4) is 11.5 Å². The van der Waals surface area contributed by atoms with Crippen molar-refractivity contribution in [1.82, 2.24) is 14.1 Å². The van der Waals surface area contributed by atoms with Crippen LogP contribution < -0.4 is 4.74 Å². The van der Waals surface area contributed by atoms with Crippen molar-refractivity contribution in [3.05, 3.63) is 70.0 Å². The molecule has 0 spiro atoms. The van der Waals surface area contributed by atoms with Gasteiger partial charge in [0.15, 0.2) is 0 Å². The van der Waals surface area contributed by atoms with E-state index in [1.165, 1.54) is 34.2 Å². The summed E-state index contributed by atoms with van der Waals surface area (Å²) in [7, 11) is -2.40. The van der Waals surface area contributed by atoms with E-state index in [2.05, 4.69) is 5.10 Å². The summed E-state index contributed by atoms with van der Waals surface area (Å²) in [4.78, 5) is 11.1. The molecule has 4 rings (SSSR count). The number of carbonyl (C=O) groups is 1. The number of para-hydroxylation sites is 1. The summed E-state index contributed by atoms with van der Waals surface area (Å²) in [6.45, 7) is -0.263. The second-order valence-corrected chi connectivity index (χ2v) is 10.5. The summed E-state index contributed by atoms with van der Waals surface area (Å²) in [5.41, 5.74) is 1.47. The van der Waals surface area contributed by atoms with Crippen LogP contribution in [-0.4, -0.2) is 40.6 Å². The number of halogens is 2. The van der Waals surface area contributed by atoms with Gasteiger partial charge in [-0.3, -0.25) is 9.48 Å². The zero-order valence-corrected chi connectivity index (χ0v) is 19.9. The van der Waals surface area contributed by atoms with Crippen molar-refractivity contribution in [3.63, 3.8) is 0 Å². The van der Waals surface area contributed by atoms with Crippen LogP contribution in [0.3, 0.4) is 0 Å². The largest absolute Gasteiger partial charge is 0.480 e. The molecule has 1 aromatic heterocycles. The number of aliphatic carboxylic acids is 1. The lowest BCUT2D eigenvalue weighted by Crippen LogP contribution is -2.33. The molecule has 33 heavy (non-hydrogen) atoms. The minimum Gasteiger partial charge on any atom is -0.480 e. The van der Waals surface area contributed by atoms with Crippen LogP contribution in [0.5, 0.6) is 11.5 Å². The molecule has 0 amide bonds. The second kappa shape index (κ2) is 9.34. The van der Waals surface area contributed by atoms with Gasteiger partial charge in [-0.2, -0.15) is 9.40 Å². The number of benzene rings is 2. The van der Waals surface area contributed by atoms with E-state index in [4.69, 9.17) is 33.0 Å². The van der Waals surface area contributed by atoms with Crippen LogP contribution in [-0.2, 0) is 27.8 Å². The quantitative estimate of drug-likeness (QED) is 0.492. The van der Waals surface area contributed by atoms with E-state index in [0.717, 1.165) is 11.3 Å². The number of carboxylic acids is 1. The predicted molar refractivity (Wildman–Crippen MR) is 123 cm³/mol. The maximum atomic E-state index is 13.4. The van der Waals surface area contributed by atoms with E-state index in [-0.39, 0.29) is 22.2 Å². The van der Waals surface area contributed by atoms with Crippen molar-refractivity contribution < 1.29 is 23.1 Å². The number of sulfonamides is 1. The van der Waals surface area contributed by atoms with Gasteiger partial charge in [0.05, 0.1) is 27.2 Å². The number of nitrogens with zero attached hydrogens (tertiary/aromatic N) is 3. The average Bonchev–Trinajstić information content (AvgIpc) is 3.18. The molecule has 0 bridgehead atoms. The van der Waals surface area contributed by atoms with Gasteiger partial charge in [0.2, 0.25) is 10.0 Å². The van der Waals surface area contributed by atoms with E-state index in [1.54, 1.807) is 30.5 Å². The Morgan fingerprint density at radius 3 is 2.64 bits per heavy atom. The van der Waals surface area contributed by atoms with Crippen molar-refractivity contribution in [2.75, 3.05) is 7.05 Å². The highest BCUT2D eigenvalue weighted by Crippen LogP contribution is 2.39. The topological polar surface area (TPSA) is 102 Å². The lowest BCUT2D eigenvalue weighted by Gasteiger charge is -2.31. The number of hydrogen-bond acceptors (Lipinski definition) is 5. The number of carboxylic acid groups (broad SMARTS) is 1. The normalized spacial score (nSPS) is 15.9. The predicted octanol–water partition coefficient (Wildman–Crippen LogP) is 4.76. The Hall–Kier alpha value is -2.59. The molecular weight excluding hydrogens is 489 g/mol. The van der Waals surface area contributed by atoms with Crippen molar-refractivity contribution in [2.45, 2.75) is 36.7 Å². The van der Waals surface area contributed by atoms with Crippen LogP contribution in [0.4, 0.5) is 0 Å². The minimum absolute atomic E-state index is 0.0200. The molecule has 1 aliphatic rings. The van der Waals surface area contributed by atoms with E-state index in [0.29, 0.717) is 30.0 Å². The molecule has 1 unspecified atom stereocenters. The molecule has 0 radical (unpaired) electrons. The van der Waals surface area contributed by atoms with E-state index in [9.17, 15) is 13.2 Å². The molecule has 174 valence electrons. The zero-order valence-electron chi connectivity index (χ0n) is 17.6. The Kier molecular flexibility index (Phi) is 6.67. The van der Waals surface area contributed by atoms with Crippen molar-refractivity contribution in [1.29, 1.82) is 0 Å². The van der Waals surface area contributed by atoms with Gasteiger partial charge in [0, 0.05) is 18.3 Å². The smallest absolute Gasteiger partial charge is 0.325 e. The lowest BCUT2D eigenvalue weighted by molar-refractivity contribution is -0.137. The van der Waals surface area contributed by atoms with Gasteiger partial charge in [0.25, 0.3) is 0 Å². The minimum atomic E-state index is -3.90. The Labute approximate surface area is 201 Å². The Morgan fingerprint density at radius 2 is 1.94 bits per heavy atom. The fourth-order valence-corrected chi connectivity index (χ4v) is 5.79. The third kappa shape index (κ3) is 4.72. The second-order valence-electron chi connectivity index (χ2n) is 7.65. The van der Waals surface area contributed by atoms with Gasteiger partial charge < -0.3 is 9.84 Å². The number of ether oxygens (including phenoxy) is 1. The molecule has 2 aromatic carbocycles. The highest BCUT2D eigenvalue weighted by Gasteiger charge is 2.34. The maximum Gasteiger partial charge on any atom is 0.325 e. The number of aromatic nitrogens is 2. The molecule has 0 saturated carbocycles. The Morgan fingerprint density at radius 1 is 1.21 bits per heavy atom. The van der Waals surface area contributed by atoms with Gasteiger partial charge in [-0.05, 0) is 49.6 Å². The molecule has 3 aromatic rings. The van der Waals surface area contributed by atoms with Crippen LogP contribution in [0.1, 0.15) is 30.1 Å². The van der Waals surface area contributed by atoms with Gasteiger partial charge in [-0.15, -0.1) is 0 Å². The van der Waals surface area contributed by atoms with Crippen molar-refractivity contribution >= 4 is 39.2 Å². The average molecular weight is 510 g/mol. The number of rotatable bonds is 7. The highest BCUT2D eigenvalue weighted by atomic mass is 35.5. The summed E-state index contributed by atoms with van der Waals surface area (Å²) in [5, 5.41) is 13.8. The van der Waals surface area contributed by atoms with Crippen LogP contribution in [0.2, 0.25) is 10.0 Å². The molecule has 0 aliphatic heterocycles. The molecule has 0 fully saturated rings. The Bertz CT molecular complexity index is 1310. The Balaban J connectivity index is 1.60.